The molecule has 1 saturated carbocycles. The molecule has 2 nitrogen and oxygen atoms in total. The second kappa shape index (κ2) is 4.95. The molecule has 0 aromatic heterocycles. The zero-order chi connectivity index (χ0) is 13.3. The number of hydrogen-bond acceptors (Lipinski definition) is 2. The highest BCUT2D eigenvalue weighted by atomic mass is 16.3. The van der Waals surface area contributed by atoms with Gasteiger partial charge in [0.1, 0.15) is 0 Å². The van der Waals surface area contributed by atoms with Gasteiger partial charge in [-0.2, -0.15) is 0 Å². The Bertz CT molecular complexity index is 307. The van der Waals surface area contributed by atoms with Crippen molar-refractivity contribution in [3.63, 3.8) is 0 Å². The second-order valence-electron chi connectivity index (χ2n) is 6.21. The summed E-state index contributed by atoms with van der Waals surface area (Å²) in [6, 6.07) is 0. The molecule has 3 atom stereocenters. The topological polar surface area (TPSA) is 40.5 Å². The lowest BCUT2D eigenvalue weighted by atomic mass is 9.84. The maximum atomic E-state index is 10.1. The molecular weight excluding hydrogens is 212 g/mol. The average molecular weight is 238 g/mol. The van der Waals surface area contributed by atoms with Gasteiger partial charge >= 0.3 is 0 Å². The molecule has 98 valence electrons. The van der Waals surface area contributed by atoms with Gasteiger partial charge in [0.05, 0.1) is 11.2 Å². The van der Waals surface area contributed by atoms with Crippen LogP contribution in [-0.2, 0) is 0 Å². The molecule has 0 heterocycles. The Balaban J connectivity index is 2.53. The quantitative estimate of drug-likeness (QED) is 0.739. The maximum Gasteiger partial charge on any atom is 0.0771 e. The van der Waals surface area contributed by atoms with Crippen molar-refractivity contribution in [1.29, 1.82) is 0 Å². The van der Waals surface area contributed by atoms with E-state index in [2.05, 4.69) is 13.5 Å². The van der Waals surface area contributed by atoms with Crippen LogP contribution in [0.1, 0.15) is 47.0 Å². The molecule has 1 aliphatic rings. The molecule has 1 rings (SSSR count). The van der Waals surface area contributed by atoms with Crippen LogP contribution in [0.3, 0.4) is 0 Å². The molecule has 0 aliphatic heterocycles. The molecule has 0 saturated heterocycles. The summed E-state index contributed by atoms with van der Waals surface area (Å²) in [7, 11) is 0. The number of hydrogen-bond donors (Lipinski definition) is 2. The van der Waals surface area contributed by atoms with Crippen LogP contribution in [0.25, 0.3) is 0 Å². The van der Waals surface area contributed by atoms with Crippen LogP contribution in [0.2, 0.25) is 0 Å². The van der Waals surface area contributed by atoms with Gasteiger partial charge in [0, 0.05) is 0 Å². The molecule has 0 aromatic rings. The maximum absolute atomic E-state index is 10.1. The molecule has 1 fully saturated rings. The summed E-state index contributed by atoms with van der Waals surface area (Å²) in [4.78, 5) is 0. The molecule has 0 amide bonds. The minimum absolute atomic E-state index is 0.269. The van der Waals surface area contributed by atoms with E-state index in [1.807, 2.05) is 13.0 Å². The van der Waals surface area contributed by atoms with Gasteiger partial charge in [0.15, 0.2) is 0 Å². The fourth-order valence-corrected chi connectivity index (χ4v) is 2.57. The first-order chi connectivity index (χ1) is 7.63. The predicted octanol–water partition coefficient (Wildman–Crippen LogP) is 3.06. The molecular formula is C15H26O2. The van der Waals surface area contributed by atoms with Gasteiger partial charge < -0.3 is 10.2 Å². The van der Waals surface area contributed by atoms with Gasteiger partial charge in [-0.25, -0.2) is 0 Å². The Morgan fingerprint density at radius 1 is 1.53 bits per heavy atom. The molecule has 2 heteroatoms. The predicted molar refractivity (Wildman–Crippen MR) is 71.7 cm³/mol. The number of allylic oxidation sites excluding steroid dienone is 2. The van der Waals surface area contributed by atoms with Crippen molar-refractivity contribution in [3.05, 3.63) is 24.3 Å². The van der Waals surface area contributed by atoms with Gasteiger partial charge in [-0.15, -0.1) is 0 Å². The molecule has 3 unspecified atom stereocenters. The lowest BCUT2D eigenvalue weighted by Gasteiger charge is -2.26. The van der Waals surface area contributed by atoms with E-state index in [1.165, 1.54) is 0 Å². The standard InChI is InChI=1S/C15H26O2/c1-11(7-6-9-14(3,4)16)13-8-10-15(5,17)12(13)2/h6,9,12-13,16-17H,1,7-8,10H2,2-5H3. The van der Waals surface area contributed by atoms with Crippen LogP contribution in [-0.4, -0.2) is 21.4 Å². The van der Waals surface area contributed by atoms with Crippen molar-refractivity contribution in [2.45, 2.75) is 58.2 Å². The summed E-state index contributed by atoms with van der Waals surface area (Å²) in [5.41, 5.74) is -0.142. The minimum Gasteiger partial charge on any atom is -0.390 e. The largest absolute Gasteiger partial charge is 0.390 e. The van der Waals surface area contributed by atoms with Gasteiger partial charge in [-0.3, -0.25) is 0 Å². The Morgan fingerprint density at radius 2 is 2.12 bits per heavy atom. The van der Waals surface area contributed by atoms with Crippen molar-refractivity contribution in [2.75, 3.05) is 0 Å². The molecule has 17 heavy (non-hydrogen) atoms. The monoisotopic (exact) mass is 238 g/mol. The van der Waals surface area contributed by atoms with Gasteiger partial charge in [-0.1, -0.05) is 31.2 Å². The average Bonchev–Trinajstić information content (AvgIpc) is 2.40. The van der Waals surface area contributed by atoms with E-state index in [1.54, 1.807) is 19.9 Å². The molecule has 0 aromatic carbocycles. The van der Waals surface area contributed by atoms with Crippen LogP contribution in [0.4, 0.5) is 0 Å². The van der Waals surface area contributed by atoms with Crippen LogP contribution in [0, 0.1) is 11.8 Å². The van der Waals surface area contributed by atoms with Crippen molar-refractivity contribution < 1.29 is 10.2 Å². The Kier molecular flexibility index (Phi) is 4.21. The highest BCUT2D eigenvalue weighted by Gasteiger charge is 2.41. The fraction of sp³-hybridized carbons (Fsp3) is 0.733. The highest BCUT2D eigenvalue weighted by molar-refractivity contribution is 5.14. The third-order valence-corrected chi connectivity index (χ3v) is 3.98. The van der Waals surface area contributed by atoms with Crippen LogP contribution in [0.15, 0.2) is 24.3 Å². The molecule has 2 N–H and O–H groups in total. The van der Waals surface area contributed by atoms with Crippen molar-refractivity contribution in [3.8, 4) is 0 Å². The van der Waals surface area contributed by atoms with E-state index in [0.717, 1.165) is 24.8 Å². The summed E-state index contributed by atoms with van der Waals surface area (Å²) in [5, 5.41) is 19.7. The first kappa shape index (κ1) is 14.5. The van der Waals surface area contributed by atoms with Gasteiger partial charge in [-0.05, 0) is 51.9 Å². The van der Waals surface area contributed by atoms with Gasteiger partial charge in [0.2, 0.25) is 0 Å². The highest BCUT2D eigenvalue weighted by Crippen LogP contribution is 2.43. The molecule has 0 spiro atoms. The van der Waals surface area contributed by atoms with E-state index in [-0.39, 0.29) is 5.92 Å². The Hall–Kier alpha value is -0.600. The van der Waals surface area contributed by atoms with Crippen molar-refractivity contribution in [2.24, 2.45) is 11.8 Å². The summed E-state index contributed by atoms with van der Waals surface area (Å²) in [6.07, 6.45) is 6.43. The third-order valence-electron chi connectivity index (χ3n) is 3.98. The second-order valence-corrected chi connectivity index (χ2v) is 6.21. The van der Waals surface area contributed by atoms with Gasteiger partial charge in [0.25, 0.3) is 0 Å². The van der Waals surface area contributed by atoms with Crippen molar-refractivity contribution >= 4 is 0 Å². The fourth-order valence-electron chi connectivity index (χ4n) is 2.57. The SMILES string of the molecule is C=C(CC=CC(C)(C)O)C1CCC(C)(O)C1C. The van der Waals surface area contributed by atoms with E-state index in [0.29, 0.717) is 5.92 Å². The van der Waals surface area contributed by atoms with Crippen LogP contribution in [0.5, 0.6) is 0 Å². The summed E-state index contributed by atoms with van der Waals surface area (Å²) in [5.74, 6) is 0.669. The lowest BCUT2D eigenvalue weighted by Crippen LogP contribution is -2.29. The van der Waals surface area contributed by atoms with E-state index in [9.17, 15) is 10.2 Å². The van der Waals surface area contributed by atoms with E-state index in [4.69, 9.17) is 0 Å². The molecule has 0 radical (unpaired) electrons. The first-order valence-electron chi connectivity index (χ1n) is 6.43. The molecule has 1 aliphatic carbocycles. The summed E-state index contributed by atoms with van der Waals surface area (Å²) < 4.78 is 0. The number of aliphatic hydroxyl groups is 2. The Labute approximate surface area is 105 Å². The third kappa shape index (κ3) is 3.97. The smallest absolute Gasteiger partial charge is 0.0771 e. The van der Waals surface area contributed by atoms with E-state index >= 15 is 0 Å². The minimum atomic E-state index is -0.757. The summed E-state index contributed by atoms with van der Waals surface area (Å²) >= 11 is 0. The zero-order valence-corrected chi connectivity index (χ0v) is 11.5. The Morgan fingerprint density at radius 3 is 2.53 bits per heavy atom. The zero-order valence-electron chi connectivity index (χ0n) is 11.5. The van der Waals surface area contributed by atoms with Crippen molar-refractivity contribution in [1.82, 2.24) is 0 Å². The first-order valence-corrected chi connectivity index (χ1v) is 6.43. The number of rotatable bonds is 4. The molecule has 0 bridgehead atoms. The normalized spacial score (nSPS) is 34.5. The van der Waals surface area contributed by atoms with Crippen LogP contribution < -0.4 is 0 Å². The van der Waals surface area contributed by atoms with Crippen LogP contribution >= 0.6 is 0 Å². The lowest BCUT2D eigenvalue weighted by molar-refractivity contribution is 0.0215. The van der Waals surface area contributed by atoms with E-state index < -0.39 is 11.2 Å². The summed E-state index contributed by atoms with van der Waals surface area (Å²) in [6.45, 7) is 11.7.